The van der Waals surface area contributed by atoms with Crippen LogP contribution in [0.4, 0.5) is 0 Å². The Kier molecular flexibility index (Phi) is 3.66. The fraction of sp³-hybridized carbons (Fsp3) is 0.0833. The summed E-state index contributed by atoms with van der Waals surface area (Å²) in [5, 5.41) is 0.633. The number of benzene rings is 1. The van der Waals surface area contributed by atoms with Crippen LogP contribution in [0.1, 0.15) is 16.1 Å². The van der Waals surface area contributed by atoms with E-state index in [-0.39, 0.29) is 0 Å². The molecule has 0 aliphatic heterocycles. The van der Waals surface area contributed by atoms with Gasteiger partial charge in [-0.25, -0.2) is 9.97 Å². The van der Waals surface area contributed by atoms with Crippen LogP contribution in [-0.4, -0.2) is 16.3 Å². The third kappa shape index (κ3) is 2.90. The first kappa shape index (κ1) is 10.8. The van der Waals surface area contributed by atoms with Crippen molar-refractivity contribution in [1.82, 2.24) is 9.97 Å². The predicted octanol–water partition coefficient (Wildman–Crippen LogP) is 2.58. The van der Waals surface area contributed by atoms with Crippen molar-refractivity contribution < 1.29 is 4.79 Å². The van der Waals surface area contributed by atoms with Crippen molar-refractivity contribution in [2.45, 2.75) is 10.9 Å². The number of rotatable bonds is 4. The maximum atomic E-state index is 10.5. The minimum Gasteiger partial charge on any atom is -0.296 e. The Morgan fingerprint density at radius 2 is 2.00 bits per heavy atom. The van der Waals surface area contributed by atoms with Crippen LogP contribution in [0.5, 0.6) is 0 Å². The van der Waals surface area contributed by atoms with Gasteiger partial charge in [-0.2, -0.15) is 0 Å². The summed E-state index contributed by atoms with van der Waals surface area (Å²) >= 11 is 1.52. The van der Waals surface area contributed by atoms with Gasteiger partial charge in [-0.1, -0.05) is 42.1 Å². The molecule has 1 heterocycles. The standard InChI is InChI=1S/C12H10N2OS/c15-8-11-6-7-13-12(14-11)16-9-10-4-2-1-3-5-10/h1-8H,9H2. The fourth-order valence-electron chi connectivity index (χ4n) is 1.21. The van der Waals surface area contributed by atoms with Crippen molar-refractivity contribution in [3.8, 4) is 0 Å². The van der Waals surface area contributed by atoms with E-state index in [0.717, 1.165) is 12.0 Å². The van der Waals surface area contributed by atoms with Crippen LogP contribution >= 0.6 is 11.8 Å². The van der Waals surface area contributed by atoms with E-state index in [1.54, 1.807) is 12.3 Å². The maximum absolute atomic E-state index is 10.5. The molecule has 0 aliphatic rings. The number of carbonyl (C=O) groups excluding carboxylic acids is 1. The summed E-state index contributed by atoms with van der Waals surface area (Å²) in [6, 6.07) is 11.7. The summed E-state index contributed by atoms with van der Waals surface area (Å²) in [6.45, 7) is 0. The summed E-state index contributed by atoms with van der Waals surface area (Å²) in [7, 11) is 0. The summed E-state index contributed by atoms with van der Waals surface area (Å²) in [5.41, 5.74) is 1.64. The van der Waals surface area contributed by atoms with Crippen molar-refractivity contribution in [1.29, 1.82) is 0 Å². The Morgan fingerprint density at radius 3 is 2.75 bits per heavy atom. The smallest absolute Gasteiger partial charge is 0.188 e. The van der Waals surface area contributed by atoms with Gasteiger partial charge in [-0.05, 0) is 11.6 Å². The molecule has 0 radical (unpaired) electrons. The molecule has 0 bridgehead atoms. The number of hydrogen-bond donors (Lipinski definition) is 0. The molecule has 3 nitrogen and oxygen atoms in total. The Balaban J connectivity index is 2.02. The van der Waals surface area contributed by atoms with E-state index in [2.05, 4.69) is 22.1 Å². The molecule has 0 N–H and O–H groups in total. The quantitative estimate of drug-likeness (QED) is 0.460. The molecule has 2 aromatic rings. The molecule has 0 atom stereocenters. The van der Waals surface area contributed by atoms with Crippen LogP contribution in [0.15, 0.2) is 47.8 Å². The lowest BCUT2D eigenvalue weighted by Crippen LogP contribution is -1.92. The highest BCUT2D eigenvalue weighted by Crippen LogP contribution is 2.18. The third-order valence-corrected chi connectivity index (χ3v) is 2.92. The zero-order chi connectivity index (χ0) is 11.2. The van der Waals surface area contributed by atoms with E-state index in [4.69, 9.17) is 0 Å². The average molecular weight is 230 g/mol. The highest BCUT2D eigenvalue weighted by atomic mass is 32.2. The second kappa shape index (κ2) is 5.42. The summed E-state index contributed by atoms with van der Waals surface area (Å²) in [5.74, 6) is 0.809. The highest BCUT2D eigenvalue weighted by molar-refractivity contribution is 7.98. The second-order valence-electron chi connectivity index (χ2n) is 3.16. The molecule has 0 spiro atoms. The molecular formula is C12H10N2OS. The van der Waals surface area contributed by atoms with Crippen molar-refractivity contribution in [2.75, 3.05) is 0 Å². The number of thioether (sulfide) groups is 1. The number of aromatic nitrogens is 2. The summed E-state index contributed by atoms with van der Waals surface area (Å²) in [4.78, 5) is 18.7. The van der Waals surface area contributed by atoms with Crippen LogP contribution in [0.2, 0.25) is 0 Å². The molecule has 0 aliphatic carbocycles. The predicted molar refractivity (Wildman–Crippen MR) is 63.4 cm³/mol. The Bertz CT molecular complexity index is 473. The van der Waals surface area contributed by atoms with Crippen LogP contribution in [0.25, 0.3) is 0 Å². The molecule has 0 fully saturated rings. The maximum Gasteiger partial charge on any atom is 0.188 e. The first-order valence-electron chi connectivity index (χ1n) is 4.83. The topological polar surface area (TPSA) is 42.9 Å². The van der Waals surface area contributed by atoms with Gasteiger partial charge in [-0.3, -0.25) is 4.79 Å². The van der Waals surface area contributed by atoms with E-state index >= 15 is 0 Å². The van der Waals surface area contributed by atoms with Gasteiger partial charge in [0, 0.05) is 11.9 Å². The Hall–Kier alpha value is -1.68. The van der Waals surface area contributed by atoms with Gasteiger partial charge in [0.05, 0.1) is 0 Å². The van der Waals surface area contributed by atoms with Gasteiger partial charge >= 0.3 is 0 Å². The van der Waals surface area contributed by atoms with Crippen LogP contribution in [0.3, 0.4) is 0 Å². The number of hydrogen-bond acceptors (Lipinski definition) is 4. The van der Waals surface area contributed by atoms with Gasteiger partial charge in [0.25, 0.3) is 0 Å². The monoisotopic (exact) mass is 230 g/mol. The minimum atomic E-state index is 0.422. The SMILES string of the molecule is O=Cc1ccnc(SCc2ccccc2)n1. The van der Waals surface area contributed by atoms with Crippen LogP contribution in [0, 0.1) is 0 Å². The largest absolute Gasteiger partial charge is 0.296 e. The number of nitrogens with zero attached hydrogens (tertiary/aromatic N) is 2. The van der Waals surface area contributed by atoms with Crippen molar-refractivity contribution >= 4 is 18.0 Å². The molecule has 1 aromatic heterocycles. The lowest BCUT2D eigenvalue weighted by Gasteiger charge is -2.00. The molecule has 16 heavy (non-hydrogen) atoms. The molecular weight excluding hydrogens is 220 g/mol. The zero-order valence-electron chi connectivity index (χ0n) is 8.54. The normalized spacial score (nSPS) is 10.0. The van der Waals surface area contributed by atoms with E-state index in [9.17, 15) is 4.79 Å². The first-order chi connectivity index (χ1) is 7.88. The zero-order valence-corrected chi connectivity index (χ0v) is 9.35. The van der Waals surface area contributed by atoms with E-state index in [1.807, 2.05) is 18.2 Å². The van der Waals surface area contributed by atoms with Crippen LogP contribution < -0.4 is 0 Å². The lowest BCUT2D eigenvalue weighted by atomic mass is 10.2. The molecule has 0 saturated carbocycles. The molecule has 0 amide bonds. The minimum absolute atomic E-state index is 0.422. The highest BCUT2D eigenvalue weighted by Gasteiger charge is 2.00. The average Bonchev–Trinajstić information content (AvgIpc) is 2.38. The molecule has 0 unspecified atom stereocenters. The van der Waals surface area contributed by atoms with E-state index in [1.165, 1.54) is 17.3 Å². The van der Waals surface area contributed by atoms with E-state index in [0.29, 0.717) is 10.9 Å². The van der Waals surface area contributed by atoms with Gasteiger partial charge < -0.3 is 0 Å². The van der Waals surface area contributed by atoms with Gasteiger partial charge in [0.1, 0.15) is 5.69 Å². The number of carbonyl (C=O) groups is 1. The molecule has 1 aromatic carbocycles. The van der Waals surface area contributed by atoms with Gasteiger partial charge in [0.2, 0.25) is 0 Å². The Labute approximate surface area is 97.9 Å². The molecule has 4 heteroatoms. The molecule has 2 rings (SSSR count). The summed E-state index contributed by atoms with van der Waals surface area (Å²) in [6.07, 6.45) is 2.33. The fourth-order valence-corrected chi connectivity index (χ4v) is 2.00. The van der Waals surface area contributed by atoms with Crippen molar-refractivity contribution in [2.24, 2.45) is 0 Å². The molecule has 0 saturated heterocycles. The third-order valence-electron chi connectivity index (χ3n) is 1.99. The van der Waals surface area contributed by atoms with Gasteiger partial charge in [-0.15, -0.1) is 0 Å². The lowest BCUT2D eigenvalue weighted by molar-refractivity contribution is 0.111. The van der Waals surface area contributed by atoms with Crippen molar-refractivity contribution in [3.05, 3.63) is 53.9 Å². The summed E-state index contributed by atoms with van der Waals surface area (Å²) < 4.78 is 0. The van der Waals surface area contributed by atoms with Crippen molar-refractivity contribution in [3.63, 3.8) is 0 Å². The Morgan fingerprint density at radius 1 is 1.19 bits per heavy atom. The van der Waals surface area contributed by atoms with Crippen LogP contribution in [-0.2, 0) is 5.75 Å². The number of aldehydes is 1. The second-order valence-corrected chi connectivity index (χ2v) is 4.10. The van der Waals surface area contributed by atoms with E-state index < -0.39 is 0 Å². The first-order valence-corrected chi connectivity index (χ1v) is 5.82. The van der Waals surface area contributed by atoms with Gasteiger partial charge in [0.15, 0.2) is 11.4 Å². The molecule has 80 valence electrons.